The predicted octanol–water partition coefficient (Wildman–Crippen LogP) is 3.19. The Bertz CT molecular complexity index is 501. The normalized spacial score (nSPS) is 20.6. The van der Waals surface area contributed by atoms with Crippen LogP contribution in [-0.4, -0.2) is 30.4 Å². The van der Waals surface area contributed by atoms with Crippen LogP contribution in [0.15, 0.2) is 18.2 Å². The lowest BCUT2D eigenvalue weighted by Gasteiger charge is -2.18. The molecule has 1 saturated heterocycles. The van der Waals surface area contributed by atoms with E-state index < -0.39 is 0 Å². The van der Waals surface area contributed by atoms with Crippen LogP contribution in [0.5, 0.6) is 0 Å². The van der Waals surface area contributed by atoms with Crippen molar-refractivity contribution in [2.24, 2.45) is 11.8 Å². The zero-order chi connectivity index (χ0) is 13.4. The van der Waals surface area contributed by atoms with Crippen LogP contribution in [-0.2, 0) is 6.42 Å². The van der Waals surface area contributed by atoms with Gasteiger partial charge in [-0.3, -0.25) is 4.79 Å². The maximum absolute atomic E-state index is 12.5. The van der Waals surface area contributed by atoms with Gasteiger partial charge in [-0.15, -0.1) is 12.4 Å². The van der Waals surface area contributed by atoms with Gasteiger partial charge >= 0.3 is 0 Å². The molecule has 1 aromatic rings. The van der Waals surface area contributed by atoms with Crippen molar-refractivity contribution in [2.75, 3.05) is 25.0 Å². The Morgan fingerprint density at radius 2 is 2.20 bits per heavy atom. The van der Waals surface area contributed by atoms with Crippen LogP contribution in [0, 0.1) is 11.8 Å². The summed E-state index contributed by atoms with van der Waals surface area (Å²) in [5.74, 6) is 1.54. The molecule has 2 heterocycles. The number of halogens is 1. The molecule has 3 nitrogen and oxygen atoms in total. The van der Waals surface area contributed by atoms with Gasteiger partial charge in [0.25, 0.3) is 5.91 Å². The molecule has 2 aliphatic rings. The highest BCUT2D eigenvalue weighted by Gasteiger charge is 2.29. The number of rotatable bonds is 2. The highest BCUT2D eigenvalue weighted by atomic mass is 35.5. The summed E-state index contributed by atoms with van der Waals surface area (Å²) in [6.07, 6.45) is 2.18. The van der Waals surface area contributed by atoms with Gasteiger partial charge in [-0.1, -0.05) is 13.8 Å². The van der Waals surface area contributed by atoms with Gasteiger partial charge in [-0.25, -0.2) is 0 Å². The van der Waals surface area contributed by atoms with Crippen LogP contribution < -0.4 is 5.32 Å². The molecular formula is C16H23ClN2O. The summed E-state index contributed by atoms with van der Waals surface area (Å²) in [5, 5.41) is 3.33. The Labute approximate surface area is 127 Å². The lowest BCUT2D eigenvalue weighted by Crippen LogP contribution is -2.29. The van der Waals surface area contributed by atoms with Gasteiger partial charge in [0.15, 0.2) is 0 Å². The second kappa shape index (κ2) is 6.04. The molecule has 0 saturated carbocycles. The first-order chi connectivity index (χ1) is 9.15. The monoisotopic (exact) mass is 294 g/mol. The van der Waals surface area contributed by atoms with E-state index in [1.807, 2.05) is 17.0 Å². The van der Waals surface area contributed by atoms with Crippen molar-refractivity contribution in [1.29, 1.82) is 0 Å². The Kier molecular flexibility index (Phi) is 4.59. The van der Waals surface area contributed by atoms with E-state index in [1.165, 1.54) is 11.3 Å². The molecule has 2 aliphatic heterocycles. The van der Waals surface area contributed by atoms with Gasteiger partial charge < -0.3 is 10.2 Å². The van der Waals surface area contributed by atoms with Crippen molar-refractivity contribution in [3.05, 3.63) is 29.3 Å². The van der Waals surface area contributed by atoms with E-state index in [0.29, 0.717) is 11.8 Å². The number of carbonyl (C=O) groups excluding carboxylic acids is 1. The number of fused-ring (bicyclic) bond motifs is 1. The minimum Gasteiger partial charge on any atom is -0.384 e. The van der Waals surface area contributed by atoms with E-state index in [2.05, 4.69) is 25.2 Å². The molecule has 0 spiro atoms. The minimum absolute atomic E-state index is 0. The lowest BCUT2D eigenvalue weighted by atomic mass is 9.95. The van der Waals surface area contributed by atoms with Gasteiger partial charge in [-0.05, 0) is 48.4 Å². The van der Waals surface area contributed by atoms with Crippen LogP contribution in [0.2, 0.25) is 0 Å². The zero-order valence-electron chi connectivity index (χ0n) is 12.2. The average Bonchev–Trinajstić information content (AvgIpc) is 3.06. The number of hydrogen-bond acceptors (Lipinski definition) is 2. The van der Waals surface area contributed by atoms with Crippen molar-refractivity contribution in [3.63, 3.8) is 0 Å². The molecule has 1 N–H and O–H groups in total. The quantitative estimate of drug-likeness (QED) is 0.908. The molecule has 3 rings (SSSR count). The standard InChI is InChI=1S/C16H22N2O.ClH/c1-11(2)14-6-8-18(10-14)16(19)13-3-4-15-12(9-13)5-7-17-15;/h3-4,9,11,14,17H,5-8,10H2,1-2H3;1H. The van der Waals surface area contributed by atoms with E-state index in [1.54, 1.807) is 0 Å². The summed E-state index contributed by atoms with van der Waals surface area (Å²) in [7, 11) is 0. The van der Waals surface area contributed by atoms with Gasteiger partial charge in [0, 0.05) is 30.9 Å². The Morgan fingerprint density at radius 1 is 1.40 bits per heavy atom. The fraction of sp³-hybridized carbons (Fsp3) is 0.562. The summed E-state index contributed by atoms with van der Waals surface area (Å²) in [5.41, 5.74) is 3.33. The molecule has 0 aliphatic carbocycles. The number of likely N-dealkylation sites (tertiary alicyclic amines) is 1. The highest BCUT2D eigenvalue weighted by Crippen LogP contribution is 2.27. The van der Waals surface area contributed by atoms with E-state index >= 15 is 0 Å². The number of carbonyl (C=O) groups is 1. The smallest absolute Gasteiger partial charge is 0.253 e. The first kappa shape index (κ1) is 15.2. The molecule has 0 radical (unpaired) electrons. The lowest BCUT2D eigenvalue weighted by molar-refractivity contribution is 0.0784. The molecule has 1 atom stereocenters. The van der Waals surface area contributed by atoms with Crippen LogP contribution in [0.3, 0.4) is 0 Å². The fourth-order valence-electron chi connectivity index (χ4n) is 3.14. The largest absolute Gasteiger partial charge is 0.384 e. The van der Waals surface area contributed by atoms with E-state index in [-0.39, 0.29) is 18.3 Å². The molecule has 20 heavy (non-hydrogen) atoms. The third-order valence-electron chi connectivity index (χ3n) is 4.52. The first-order valence-corrected chi connectivity index (χ1v) is 7.31. The summed E-state index contributed by atoms with van der Waals surface area (Å²) < 4.78 is 0. The molecule has 1 unspecified atom stereocenters. The first-order valence-electron chi connectivity index (χ1n) is 7.31. The van der Waals surface area contributed by atoms with Gasteiger partial charge in [-0.2, -0.15) is 0 Å². The Balaban J connectivity index is 0.00000147. The summed E-state index contributed by atoms with van der Waals surface area (Å²) >= 11 is 0. The predicted molar refractivity (Wildman–Crippen MR) is 84.7 cm³/mol. The van der Waals surface area contributed by atoms with Crippen LogP contribution in [0.25, 0.3) is 0 Å². The maximum atomic E-state index is 12.5. The molecule has 110 valence electrons. The van der Waals surface area contributed by atoms with Gasteiger partial charge in [0.2, 0.25) is 0 Å². The molecule has 1 amide bonds. The maximum Gasteiger partial charge on any atom is 0.253 e. The molecule has 0 aromatic heterocycles. The summed E-state index contributed by atoms with van der Waals surface area (Å²) in [6, 6.07) is 6.08. The number of amides is 1. The third-order valence-corrected chi connectivity index (χ3v) is 4.52. The van der Waals surface area contributed by atoms with Crippen molar-refractivity contribution in [1.82, 2.24) is 4.90 Å². The molecule has 4 heteroatoms. The van der Waals surface area contributed by atoms with E-state index in [9.17, 15) is 4.79 Å². The minimum atomic E-state index is 0. The number of anilines is 1. The Hall–Kier alpha value is -1.22. The molecule has 1 fully saturated rings. The topological polar surface area (TPSA) is 32.3 Å². The second-order valence-electron chi connectivity index (χ2n) is 6.09. The van der Waals surface area contributed by atoms with Crippen molar-refractivity contribution in [3.8, 4) is 0 Å². The summed E-state index contributed by atoms with van der Waals surface area (Å²) in [4.78, 5) is 14.5. The highest BCUT2D eigenvalue weighted by molar-refractivity contribution is 5.95. The summed E-state index contributed by atoms with van der Waals surface area (Å²) in [6.45, 7) is 7.33. The molecule has 0 bridgehead atoms. The number of nitrogens with zero attached hydrogens (tertiary/aromatic N) is 1. The fourth-order valence-corrected chi connectivity index (χ4v) is 3.14. The molecule has 1 aromatic carbocycles. The van der Waals surface area contributed by atoms with E-state index in [0.717, 1.165) is 38.0 Å². The van der Waals surface area contributed by atoms with Crippen molar-refractivity contribution < 1.29 is 4.79 Å². The average molecular weight is 295 g/mol. The molecular weight excluding hydrogens is 272 g/mol. The van der Waals surface area contributed by atoms with Gasteiger partial charge in [0.05, 0.1) is 0 Å². The van der Waals surface area contributed by atoms with Crippen LogP contribution in [0.4, 0.5) is 5.69 Å². The van der Waals surface area contributed by atoms with Gasteiger partial charge in [0.1, 0.15) is 0 Å². The number of nitrogens with one attached hydrogen (secondary N) is 1. The SMILES string of the molecule is CC(C)C1CCN(C(=O)c2ccc3c(c2)CCN3)C1.Cl. The Morgan fingerprint density at radius 3 is 2.90 bits per heavy atom. The third kappa shape index (κ3) is 2.78. The van der Waals surface area contributed by atoms with Crippen LogP contribution in [0.1, 0.15) is 36.2 Å². The van der Waals surface area contributed by atoms with Crippen molar-refractivity contribution in [2.45, 2.75) is 26.7 Å². The second-order valence-corrected chi connectivity index (χ2v) is 6.09. The van der Waals surface area contributed by atoms with E-state index in [4.69, 9.17) is 0 Å². The zero-order valence-corrected chi connectivity index (χ0v) is 13.0. The number of hydrogen-bond donors (Lipinski definition) is 1. The van der Waals surface area contributed by atoms with Crippen LogP contribution >= 0.6 is 12.4 Å². The number of benzene rings is 1. The van der Waals surface area contributed by atoms with Crippen molar-refractivity contribution >= 4 is 24.0 Å².